The summed E-state index contributed by atoms with van der Waals surface area (Å²) in [5.41, 5.74) is 2.89. The second-order valence-electron chi connectivity index (χ2n) is 9.68. The molecule has 0 saturated heterocycles. The average molecular weight is 437 g/mol. The normalized spacial score (nSPS) is 25.1. The largest absolute Gasteiger partial charge is 0.423 e. The van der Waals surface area contributed by atoms with Gasteiger partial charge in [-0.2, -0.15) is 0 Å². The Morgan fingerprint density at radius 1 is 1.06 bits per heavy atom. The van der Waals surface area contributed by atoms with Crippen molar-refractivity contribution in [1.29, 1.82) is 0 Å². The summed E-state index contributed by atoms with van der Waals surface area (Å²) >= 11 is 0. The molecule has 2 aromatic carbocycles. The first-order valence-electron chi connectivity index (χ1n) is 12.3. The smallest absolute Gasteiger partial charge is 0.343 e. The molecule has 0 spiro atoms. The summed E-state index contributed by atoms with van der Waals surface area (Å²) in [7, 11) is 0. The minimum atomic E-state index is -0.331. The predicted molar refractivity (Wildman–Crippen MR) is 126 cm³/mol. The summed E-state index contributed by atoms with van der Waals surface area (Å²) in [6, 6.07) is 15.1. The highest BCUT2D eigenvalue weighted by molar-refractivity contribution is 5.91. The third-order valence-corrected chi connectivity index (χ3v) is 7.53. The van der Waals surface area contributed by atoms with E-state index in [1.807, 2.05) is 30.3 Å². The zero-order valence-electron chi connectivity index (χ0n) is 19.1. The summed E-state index contributed by atoms with van der Waals surface area (Å²) in [5.74, 6) is 1.39. The van der Waals surface area contributed by atoms with Crippen molar-refractivity contribution in [2.45, 2.75) is 76.9 Å². The van der Waals surface area contributed by atoms with E-state index in [1.54, 1.807) is 12.1 Å². The molecule has 2 aromatic rings. The zero-order valence-corrected chi connectivity index (χ0v) is 19.1. The van der Waals surface area contributed by atoms with E-state index in [0.29, 0.717) is 23.1 Å². The van der Waals surface area contributed by atoms with E-state index in [4.69, 9.17) is 4.74 Å². The van der Waals surface area contributed by atoms with Crippen LogP contribution in [0.2, 0.25) is 0 Å². The Morgan fingerprint density at radius 3 is 2.66 bits per heavy atom. The van der Waals surface area contributed by atoms with Gasteiger partial charge in [-0.05, 0) is 85.6 Å². The molecule has 0 radical (unpaired) electrons. The molecule has 4 heteroatoms. The summed E-state index contributed by atoms with van der Waals surface area (Å²) < 4.78 is 5.79. The van der Waals surface area contributed by atoms with Gasteiger partial charge in [-0.3, -0.25) is 0 Å². The van der Waals surface area contributed by atoms with E-state index in [-0.39, 0.29) is 24.1 Å². The first-order chi connectivity index (χ1) is 15.6. The molecule has 0 unspecified atom stereocenters. The summed E-state index contributed by atoms with van der Waals surface area (Å²) in [5, 5.41) is 21.2. The fourth-order valence-electron chi connectivity index (χ4n) is 5.79. The lowest BCUT2D eigenvalue weighted by Gasteiger charge is -2.32. The molecule has 172 valence electrons. The van der Waals surface area contributed by atoms with Crippen LogP contribution < -0.4 is 4.74 Å². The highest BCUT2D eigenvalue weighted by Gasteiger charge is 2.45. The fourth-order valence-corrected chi connectivity index (χ4v) is 5.79. The van der Waals surface area contributed by atoms with Gasteiger partial charge >= 0.3 is 5.97 Å². The van der Waals surface area contributed by atoms with Crippen LogP contribution in [0.25, 0.3) is 0 Å². The van der Waals surface area contributed by atoms with E-state index in [9.17, 15) is 15.0 Å². The van der Waals surface area contributed by atoms with Crippen molar-refractivity contribution < 1.29 is 19.7 Å². The molecular formula is C28H36O4. The highest BCUT2D eigenvalue weighted by Crippen LogP contribution is 2.48. The number of carbonyl (C=O) groups is 1. The zero-order chi connectivity index (χ0) is 22.5. The molecular weight excluding hydrogens is 400 g/mol. The molecule has 2 aliphatic rings. The summed E-state index contributed by atoms with van der Waals surface area (Å²) in [6.07, 6.45) is 7.91. The molecule has 0 heterocycles. The van der Waals surface area contributed by atoms with Gasteiger partial charge in [0.2, 0.25) is 0 Å². The van der Waals surface area contributed by atoms with Gasteiger partial charge in [0.05, 0.1) is 17.8 Å². The van der Waals surface area contributed by atoms with Gasteiger partial charge in [-0.15, -0.1) is 0 Å². The molecule has 32 heavy (non-hydrogen) atoms. The number of fused-ring (bicyclic) bond motifs is 2. The Morgan fingerprint density at radius 2 is 1.88 bits per heavy atom. The van der Waals surface area contributed by atoms with E-state index in [0.717, 1.165) is 50.5 Å². The third kappa shape index (κ3) is 5.24. The number of hydrogen-bond donors (Lipinski definition) is 2. The molecule has 1 saturated carbocycles. The van der Waals surface area contributed by atoms with Crippen molar-refractivity contribution in [3.63, 3.8) is 0 Å². The van der Waals surface area contributed by atoms with Crippen LogP contribution in [0.4, 0.5) is 0 Å². The monoisotopic (exact) mass is 436 g/mol. The number of rotatable bonds is 9. The Hall–Kier alpha value is -2.17. The van der Waals surface area contributed by atoms with Crippen molar-refractivity contribution in [2.24, 2.45) is 17.8 Å². The van der Waals surface area contributed by atoms with Crippen LogP contribution in [-0.4, -0.2) is 28.4 Å². The van der Waals surface area contributed by atoms with Gasteiger partial charge in [0.1, 0.15) is 5.75 Å². The summed E-state index contributed by atoms with van der Waals surface area (Å²) in [4.78, 5) is 12.6. The van der Waals surface area contributed by atoms with E-state index in [2.05, 4.69) is 13.0 Å². The molecule has 1 fully saturated rings. The quantitative estimate of drug-likeness (QED) is 0.316. The van der Waals surface area contributed by atoms with Crippen molar-refractivity contribution in [3.05, 3.63) is 65.2 Å². The molecule has 5 atom stereocenters. The highest BCUT2D eigenvalue weighted by atomic mass is 16.5. The van der Waals surface area contributed by atoms with Crippen LogP contribution in [0.15, 0.2) is 48.5 Å². The number of esters is 1. The number of aliphatic hydroxyl groups excluding tert-OH is 2. The van der Waals surface area contributed by atoms with Gasteiger partial charge in [0.15, 0.2) is 0 Å². The van der Waals surface area contributed by atoms with Gasteiger partial charge in [0.25, 0.3) is 0 Å². The van der Waals surface area contributed by atoms with Crippen LogP contribution in [0.3, 0.4) is 0 Å². The average Bonchev–Trinajstić information content (AvgIpc) is 3.11. The number of hydrogen-bond acceptors (Lipinski definition) is 4. The maximum absolute atomic E-state index is 12.6. The molecule has 2 aliphatic carbocycles. The van der Waals surface area contributed by atoms with Crippen molar-refractivity contribution in [3.8, 4) is 5.75 Å². The second kappa shape index (κ2) is 10.6. The second-order valence-corrected chi connectivity index (χ2v) is 9.68. The van der Waals surface area contributed by atoms with Crippen LogP contribution in [0, 0.1) is 17.8 Å². The van der Waals surface area contributed by atoms with E-state index in [1.165, 1.54) is 18.4 Å². The third-order valence-electron chi connectivity index (χ3n) is 7.53. The summed E-state index contributed by atoms with van der Waals surface area (Å²) in [6.45, 7) is 2.18. The van der Waals surface area contributed by atoms with Crippen LogP contribution >= 0.6 is 0 Å². The molecule has 4 nitrogen and oxygen atoms in total. The maximum atomic E-state index is 12.6. The number of benzene rings is 2. The first kappa shape index (κ1) is 23.0. The Labute approximate surface area is 191 Å². The lowest BCUT2D eigenvalue weighted by Crippen LogP contribution is -2.28. The molecule has 0 amide bonds. The standard InChI is InChI=1S/C28H36O4/c1-2-3-5-12-22(29)14-15-23-24-16-20-11-8-13-27(25(20)17-21(24)18-26(23)30)32-28(31)19-9-6-4-7-10-19/h4,6-11,13,21-24,26,29-30H,2-3,5,12,14-18H2,1H3/t21-,22+,23+,24-,26+/m0/s1. The molecule has 0 aromatic heterocycles. The predicted octanol–water partition coefficient (Wildman–Crippen LogP) is 5.34. The topological polar surface area (TPSA) is 66.8 Å². The Balaban J connectivity index is 1.42. The van der Waals surface area contributed by atoms with Gasteiger partial charge in [0, 0.05) is 0 Å². The van der Waals surface area contributed by atoms with E-state index < -0.39 is 0 Å². The minimum Gasteiger partial charge on any atom is -0.423 e. The Bertz CT molecular complexity index is 894. The number of ether oxygens (including phenoxy) is 1. The molecule has 0 aliphatic heterocycles. The van der Waals surface area contributed by atoms with Gasteiger partial charge < -0.3 is 14.9 Å². The van der Waals surface area contributed by atoms with E-state index >= 15 is 0 Å². The number of unbranched alkanes of at least 4 members (excludes halogenated alkanes) is 2. The Kier molecular flexibility index (Phi) is 7.64. The minimum absolute atomic E-state index is 0.240. The van der Waals surface area contributed by atoms with Crippen LogP contribution in [0.5, 0.6) is 5.75 Å². The van der Waals surface area contributed by atoms with Crippen molar-refractivity contribution >= 4 is 5.97 Å². The van der Waals surface area contributed by atoms with Crippen LogP contribution in [0.1, 0.15) is 73.4 Å². The molecule has 4 rings (SSSR count). The first-order valence-corrected chi connectivity index (χ1v) is 12.3. The number of carbonyl (C=O) groups excluding carboxylic acids is 1. The fraction of sp³-hybridized carbons (Fsp3) is 0.536. The van der Waals surface area contributed by atoms with Crippen molar-refractivity contribution in [1.82, 2.24) is 0 Å². The number of aliphatic hydroxyl groups is 2. The van der Waals surface area contributed by atoms with Crippen LogP contribution in [-0.2, 0) is 12.8 Å². The van der Waals surface area contributed by atoms with Gasteiger partial charge in [-0.1, -0.05) is 56.5 Å². The van der Waals surface area contributed by atoms with Crippen molar-refractivity contribution in [2.75, 3.05) is 0 Å². The molecule has 0 bridgehead atoms. The SMILES string of the molecule is CCCCC[C@@H](O)CC[C@@H]1[C@H]2Cc3cccc(OC(=O)c4ccccc4)c3C[C@H]2C[C@H]1O. The maximum Gasteiger partial charge on any atom is 0.343 e. The molecule has 2 N–H and O–H groups in total. The lowest BCUT2D eigenvalue weighted by molar-refractivity contribution is 0.0731. The lowest BCUT2D eigenvalue weighted by atomic mass is 9.73. The van der Waals surface area contributed by atoms with Gasteiger partial charge in [-0.25, -0.2) is 4.79 Å².